The second-order valence-electron chi connectivity index (χ2n) is 11.1. The Kier molecular flexibility index (Phi) is 5.55. The van der Waals surface area contributed by atoms with Gasteiger partial charge in [0.1, 0.15) is 0 Å². The molecule has 2 nitrogen and oxygen atoms in total. The van der Waals surface area contributed by atoms with Crippen molar-refractivity contribution >= 4 is 92.3 Å². The Balaban J connectivity index is 1.22. The molecule has 0 aliphatic heterocycles. The Morgan fingerprint density at radius 1 is 0.535 bits per heavy atom. The molecular formula is C39H26N2S2. The molecule has 43 heavy (non-hydrogen) atoms. The number of aromatic nitrogens is 1. The van der Waals surface area contributed by atoms with Crippen LogP contribution in [0.3, 0.4) is 0 Å². The summed E-state index contributed by atoms with van der Waals surface area (Å²) >= 11 is 3.69. The van der Waals surface area contributed by atoms with Crippen LogP contribution in [-0.2, 0) is 5.75 Å². The maximum atomic E-state index is 6.63. The number of nitrogens with two attached hydrogens (primary N) is 1. The molecule has 0 saturated heterocycles. The molecule has 0 aliphatic rings. The van der Waals surface area contributed by atoms with Crippen LogP contribution >= 0.6 is 23.1 Å². The highest BCUT2D eigenvalue weighted by molar-refractivity contribution is 7.99. The molecule has 9 aromatic rings. The number of nitrogen functional groups attached to an aromatic ring is 1. The minimum absolute atomic E-state index is 0.839. The number of anilines is 1. The summed E-state index contributed by atoms with van der Waals surface area (Å²) in [5, 5.41) is 10.3. The zero-order chi connectivity index (χ0) is 28.5. The van der Waals surface area contributed by atoms with Crippen molar-refractivity contribution in [1.82, 2.24) is 4.57 Å². The van der Waals surface area contributed by atoms with E-state index in [2.05, 4.69) is 138 Å². The molecule has 0 bridgehead atoms. The smallest absolute Gasteiger partial charge is 0.0547 e. The molecule has 0 unspecified atom stereocenters. The molecule has 7 aromatic carbocycles. The van der Waals surface area contributed by atoms with E-state index in [-0.39, 0.29) is 0 Å². The van der Waals surface area contributed by atoms with Gasteiger partial charge in [-0.25, -0.2) is 0 Å². The van der Waals surface area contributed by atoms with Gasteiger partial charge in [0.2, 0.25) is 0 Å². The van der Waals surface area contributed by atoms with Gasteiger partial charge in [-0.05, 0) is 58.1 Å². The SMILES string of the molecule is Nc1ccc2sc3ccccc3c2c1SCc1ccc(-n2c3ccccc3c3c4ccccc4ccc32)c2ccccc12. The van der Waals surface area contributed by atoms with Crippen molar-refractivity contribution in [2.75, 3.05) is 5.73 Å². The molecule has 9 rings (SSSR count). The molecule has 2 N–H and O–H groups in total. The van der Waals surface area contributed by atoms with Crippen LogP contribution in [0.25, 0.3) is 69.2 Å². The number of hydrogen-bond acceptors (Lipinski definition) is 3. The summed E-state index contributed by atoms with van der Waals surface area (Å²) in [6.07, 6.45) is 0. The number of thiophene rings is 1. The van der Waals surface area contributed by atoms with E-state index < -0.39 is 0 Å². The van der Waals surface area contributed by atoms with E-state index in [1.165, 1.54) is 79.7 Å². The Morgan fingerprint density at radius 3 is 2.14 bits per heavy atom. The molecule has 2 aromatic heterocycles. The Labute approximate surface area is 257 Å². The van der Waals surface area contributed by atoms with Crippen LogP contribution in [0.5, 0.6) is 0 Å². The van der Waals surface area contributed by atoms with E-state index in [1.54, 1.807) is 0 Å². The van der Waals surface area contributed by atoms with Gasteiger partial charge in [-0.15, -0.1) is 23.1 Å². The van der Waals surface area contributed by atoms with Gasteiger partial charge in [-0.3, -0.25) is 0 Å². The summed E-state index contributed by atoms with van der Waals surface area (Å²) in [4.78, 5) is 1.18. The Morgan fingerprint density at radius 2 is 1.26 bits per heavy atom. The third-order valence-corrected chi connectivity index (χ3v) is 11.0. The van der Waals surface area contributed by atoms with Gasteiger partial charge in [-0.2, -0.15) is 0 Å². The zero-order valence-corrected chi connectivity index (χ0v) is 24.9. The quantitative estimate of drug-likeness (QED) is 0.164. The topological polar surface area (TPSA) is 30.9 Å². The highest BCUT2D eigenvalue weighted by atomic mass is 32.2. The minimum atomic E-state index is 0.839. The first kappa shape index (κ1) is 24.8. The van der Waals surface area contributed by atoms with Crippen molar-refractivity contribution in [3.63, 3.8) is 0 Å². The molecule has 0 amide bonds. The number of hydrogen-bond donors (Lipinski definition) is 1. The molecular weight excluding hydrogens is 561 g/mol. The predicted octanol–water partition coefficient (Wildman–Crippen LogP) is 11.3. The fraction of sp³-hybridized carbons (Fsp3) is 0.0256. The van der Waals surface area contributed by atoms with Crippen molar-refractivity contribution in [2.24, 2.45) is 0 Å². The van der Waals surface area contributed by atoms with E-state index in [4.69, 9.17) is 5.73 Å². The predicted molar refractivity (Wildman–Crippen MR) is 189 cm³/mol. The van der Waals surface area contributed by atoms with Crippen molar-refractivity contribution in [3.8, 4) is 5.69 Å². The van der Waals surface area contributed by atoms with E-state index >= 15 is 0 Å². The van der Waals surface area contributed by atoms with E-state index in [0.29, 0.717) is 0 Å². The second-order valence-corrected chi connectivity index (χ2v) is 13.1. The molecule has 2 heterocycles. The summed E-state index contributed by atoms with van der Waals surface area (Å²) in [6.45, 7) is 0. The summed E-state index contributed by atoms with van der Waals surface area (Å²) in [6, 6.07) is 48.4. The maximum absolute atomic E-state index is 6.63. The van der Waals surface area contributed by atoms with Crippen molar-refractivity contribution in [1.29, 1.82) is 0 Å². The second kappa shape index (κ2) is 9.63. The normalized spacial score (nSPS) is 12.0. The highest BCUT2D eigenvalue weighted by Crippen LogP contribution is 2.44. The highest BCUT2D eigenvalue weighted by Gasteiger charge is 2.18. The standard InChI is InChI=1S/C39H26N2S2/c40-31-19-22-36-38(30-14-6-8-16-35(30)43-36)39(31)42-23-25-18-20-33(28-12-4-3-10-26(25)28)41-32-15-7-5-13-29(32)37-27-11-2-1-9-24(27)17-21-34(37)41/h1-22H,23,40H2. The van der Waals surface area contributed by atoms with Crippen LogP contribution in [-0.4, -0.2) is 4.57 Å². The summed E-state index contributed by atoms with van der Waals surface area (Å²) < 4.78 is 5.04. The molecule has 0 aliphatic carbocycles. The first-order chi connectivity index (χ1) is 21.3. The van der Waals surface area contributed by atoms with Gasteiger partial charge in [0.25, 0.3) is 0 Å². The number of benzene rings is 7. The molecule has 0 spiro atoms. The van der Waals surface area contributed by atoms with Gasteiger partial charge in [0, 0.05) is 52.7 Å². The summed E-state index contributed by atoms with van der Waals surface area (Å²) in [5.41, 5.74) is 12.4. The first-order valence-electron chi connectivity index (χ1n) is 14.5. The minimum Gasteiger partial charge on any atom is -0.398 e. The number of para-hydroxylation sites is 1. The average molecular weight is 587 g/mol. The number of thioether (sulfide) groups is 1. The molecule has 204 valence electrons. The molecule has 0 saturated carbocycles. The van der Waals surface area contributed by atoms with Crippen molar-refractivity contribution in [2.45, 2.75) is 10.6 Å². The Hall–Kier alpha value is -4.77. The van der Waals surface area contributed by atoms with E-state index in [0.717, 1.165) is 11.4 Å². The average Bonchev–Trinajstić information content (AvgIpc) is 3.60. The molecule has 4 heteroatoms. The van der Waals surface area contributed by atoms with Crippen LogP contribution in [0.15, 0.2) is 138 Å². The molecule has 0 radical (unpaired) electrons. The lowest BCUT2D eigenvalue weighted by Crippen LogP contribution is -1.97. The molecule has 0 atom stereocenters. The van der Waals surface area contributed by atoms with Crippen LogP contribution in [0.1, 0.15) is 5.56 Å². The summed E-state index contributed by atoms with van der Waals surface area (Å²) in [5.74, 6) is 0.839. The zero-order valence-electron chi connectivity index (χ0n) is 23.2. The van der Waals surface area contributed by atoms with E-state index in [1.807, 2.05) is 23.1 Å². The van der Waals surface area contributed by atoms with Gasteiger partial charge in [0.05, 0.1) is 16.7 Å². The third-order valence-electron chi connectivity index (χ3n) is 8.69. The van der Waals surface area contributed by atoms with Gasteiger partial charge in [-0.1, -0.05) is 97.1 Å². The largest absolute Gasteiger partial charge is 0.398 e. The van der Waals surface area contributed by atoms with Crippen LogP contribution in [0.4, 0.5) is 5.69 Å². The number of nitrogens with zero attached hydrogens (tertiary/aromatic N) is 1. The van der Waals surface area contributed by atoms with Crippen LogP contribution in [0, 0.1) is 0 Å². The van der Waals surface area contributed by atoms with Gasteiger partial charge < -0.3 is 10.3 Å². The fourth-order valence-corrected chi connectivity index (χ4v) is 9.10. The lowest BCUT2D eigenvalue weighted by atomic mass is 10.0. The van der Waals surface area contributed by atoms with Gasteiger partial charge >= 0.3 is 0 Å². The van der Waals surface area contributed by atoms with Crippen LogP contribution < -0.4 is 5.73 Å². The fourth-order valence-electron chi connectivity index (χ4n) is 6.77. The van der Waals surface area contributed by atoms with E-state index in [9.17, 15) is 0 Å². The van der Waals surface area contributed by atoms with Crippen LogP contribution in [0.2, 0.25) is 0 Å². The first-order valence-corrected chi connectivity index (χ1v) is 16.3. The monoisotopic (exact) mass is 586 g/mol. The summed E-state index contributed by atoms with van der Waals surface area (Å²) in [7, 11) is 0. The molecule has 0 fully saturated rings. The number of rotatable bonds is 4. The third kappa shape index (κ3) is 3.73. The van der Waals surface area contributed by atoms with Crippen molar-refractivity contribution < 1.29 is 0 Å². The lowest BCUT2D eigenvalue weighted by Gasteiger charge is -2.15. The van der Waals surface area contributed by atoms with Crippen molar-refractivity contribution in [3.05, 3.63) is 139 Å². The maximum Gasteiger partial charge on any atom is 0.0547 e. The Bertz CT molecular complexity index is 2540. The van der Waals surface area contributed by atoms with Gasteiger partial charge in [0.15, 0.2) is 0 Å². The lowest BCUT2D eigenvalue weighted by molar-refractivity contribution is 1.19. The number of fused-ring (bicyclic) bond motifs is 9.